The van der Waals surface area contributed by atoms with Crippen molar-refractivity contribution in [2.45, 2.75) is 26.2 Å². The Morgan fingerprint density at radius 2 is 1.46 bits per heavy atom. The summed E-state index contributed by atoms with van der Waals surface area (Å²) >= 11 is 0. The summed E-state index contributed by atoms with van der Waals surface area (Å²) < 4.78 is 4.63. The predicted molar refractivity (Wildman–Crippen MR) is 91.6 cm³/mol. The highest BCUT2D eigenvalue weighted by Gasteiger charge is 2.15. The van der Waals surface area contributed by atoms with Crippen LogP contribution in [-0.4, -0.2) is 24.6 Å². The van der Waals surface area contributed by atoms with Crippen molar-refractivity contribution in [2.75, 3.05) is 7.11 Å². The first kappa shape index (κ1) is 17.6. The van der Waals surface area contributed by atoms with Crippen LogP contribution in [0.5, 0.6) is 0 Å². The fraction of sp³-hybridized carbons (Fsp3) is 0.250. The predicted octanol–water partition coefficient (Wildman–Crippen LogP) is 4.05. The van der Waals surface area contributed by atoms with Crippen molar-refractivity contribution in [3.05, 3.63) is 70.8 Å². The molecule has 0 aromatic heterocycles. The molecule has 0 aliphatic rings. The summed E-state index contributed by atoms with van der Waals surface area (Å²) in [5.74, 6) is -0.686. The van der Waals surface area contributed by atoms with Gasteiger partial charge in [0.2, 0.25) is 0 Å². The Balaban J connectivity index is 2.11. The molecule has 0 bridgehead atoms. The molecule has 124 valence electrons. The first-order chi connectivity index (χ1) is 11.4. The molecule has 0 spiro atoms. The van der Waals surface area contributed by atoms with Gasteiger partial charge >= 0.3 is 5.97 Å². The van der Waals surface area contributed by atoms with Gasteiger partial charge in [0.05, 0.1) is 19.1 Å². The van der Waals surface area contributed by atoms with E-state index in [1.807, 2.05) is 12.1 Å². The quantitative estimate of drug-likeness (QED) is 0.457. The second-order valence-corrected chi connectivity index (χ2v) is 5.87. The van der Waals surface area contributed by atoms with Gasteiger partial charge in [-0.3, -0.25) is 9.59 Å². The molecule has 0 saturated carbocycles. The van der Waals surface area contributed by atoms with E-state index in [0.717, 1.165) is 5.56 Å². The van der Waals surface area contributed by atoms with Crippen LogP contribution in [0, 0.1) is 0 Å². The zero-order chi connectivity index (χ0) is 17.7. The average molecular weight is 324 g/mol. The minimum atomic E-state index is -0.514. The van der Waals surface area contributed by atoms with Crippen LogP contribution in [0.1, 0.15) is 62.8 Å². The lowest BCUT2D eigenvalue weighted by Gasteiger charge is -2.07. The van der Waals surface area contributed by atoms with Crippen LogP contribution in [0.4, 0.5) is 0 Å². The van der Waals surface area contributed by atoms with E-state index in [2.05, 4.69) is 18.6 Å². The van der Waals surface area contributed by atoms with Crippen molar-refractivity contribution >= 4 is 17.5 Å². The molecular formula is C20H20O4. The minimum absolute atomic E-state index is 0.231. The number of rotatable bonds is 6. The maximum atomic E-state index is 12.3. The monoisotopic (exact) mass is 324 g/mol. The van der Waals surface area contributed by atoms with Gasteiger partial charge < -0.3 is 4.74 Å². The van der Waals surface area contributed by atoms with Crippen molar-refractivity contribution in [1.29, 1.82) is 0 Å². The molecule has 24 heavy (non-hydrogen) atoms. The number of methoxy groups -OCH3 is 1. The second kappa shape index (κ2) is 7.68. The lowest BCUT2D eigenvalue weighted by atomic mass is 9.97. The fourth-order valence-electron chi connectivity index (χ4n) is 2.34. The van der Waals surface area contributed by atoms with Gasteiger partial charge in [-0.25, -0.2) is 4.79 Å². The highest BCUT2D eigenvalue weighted by atomic mass is 16.5. The van der Waals surface area contributed by atoms with E-state index in [-0.39, 0.29) is 23.6 Å². The molecule has 0 unspecified atom stereocenters. The zero-order valence-electron chi connectivity index (χ0n) is 14.0. The molecule has 0 amide bonds. The molecule has 0 radical (unpaired) electrons. The average Bonchev–Trinajstić information content (AvgIpc) is 2.61. The molecule has 0 heterocycles. The Bertz CT molecular complexity index is 757. The van der Waals surface area contributed by atoms with E-state index in [9.17, 15) is 14.4 Å². The second-order valence-electron chi connectivity index (χ2n) is 5.87. The minimum Gasteiger partial charge on any atom is -0.465 e. The van der Waals surface area contributed by atoms with E-state index in [0.29, 0.717) is 17.0 Å². The largest absolute Gasteiger partial charge is 0.465 e. The standard InChI is InChI=1S/C20H20O4/c1-13(2)14-7-9-15(10-8-14)18(21)12-19(22)16-5-4-6-17(11-16)20(23)24-3/h4-11,13H,12H2,1-3H3. The summed E-state index contributed by atoms with van der Waals surface area (Å²) in [6.45, 7) is 4.16. The molecular weight excluding hydrogens is 304 g/mol. The Morgan fingerprint density at radius 3 is 2.04 bits per heavy atom. The number of esters is 1. The van der Waals surface area contributed by atoms with Gasteiger partial charge in [0.15, 0.2) is 11.6 Å². The van der Waals surface area contributed by atoms with Crippen LogP contribution in [0.25, 0.3) is 0 Å². The third-order valence-electron chi connectivity index (χ3n) is 3.83. The van der Waals surface area contributed by atoms with Crippen LogP contribution < -0.4 is 0 Å². The van der Waals surface area contributed by atoms with E-state index in [1.54, 1.807) is 30.3 Å². The van der Waals surface area contributed by atoms with Gasteiger partial charge in [-0.1, -0.05) is 50.2 Å². The van der Waals surface area contributed by atoms with Crippen molar-refractivity contribution in [1.82, 2.24) is 0 Å². The van der Waals surface area contributed by atoms with E-state index in [4.69, 9.17) is 0 Å². The van der Waals surface area contributed by atoms with Gasteiger partial charge in [-0.2, -0.15) is 0 Å². The lowest BCUT2D eigenvalue weighted by molar-refractivity contribution is 0.0600. The van der Waals surface area contributed by atoms with Crippen LogP contribution in [0.15, 0.2) is 48.5 Å². The van der Waals surface area contributed by atoms with E-state index >= 15 is 0 Å². The van der Waals surface area contributed by atoms with Crippen LogP contribution in [0.2, 0.25) is 0 Å². The molecule has 0 atom stereocenters. The normalized spacial score (nSPS) is 10.5. The fourth-order valence-corrected chi connectivity index (χ4v) is 2.34. The highest BCUT2D eigenvalue weighted by molar-refractivity contribution is 6.14. The molecule has 0 aliphatic heterocycles. The molecule has 2 aromatic carbocycles. The number of Topliss-reactive ketones (excluding diaryl/α,β-unsaturated/α-hetero) is 2. The van der Waals surface area contributed by atoms with Gasteiger partial charge in [-0.05, 0) is 23.6 Å². The number of ketones is 2. The van der Waals surface area contributed by atoms with Gasteiger partial charge in [0.25, 0.3) is 0 Å². The van der Waals surface area contributed by atoms with Gasteiger partial charge in [-0.15, -0.1) is 0 Å². The van der Waals surface area contributed by atoms with E-state index < -0.39 is 5.97 Å². The third-order valence-corrected chi connectivity index (χ3v) is 3.83. The molecule has 4 nitrogen and oxygen atoms in total. The maximum Gasteiger partial charge on any atom is 0.337 e. The van der Waals surface area contributed by atoms with E-state index in [1.165, 1.54) is 13.2 Å². The zero-order valence-corrected chi connectivity index (χ0v) is 14.0. The van der Waals surface area contributed by atoms with Crippen molar-refractivity contribution < 1.29 is 19.1 Å². The van der Waals surface area contributed by atoms with Crippen LogP contribution >= 0.6 is 0 Å². The maximum absolute atomic E-state index is 12.3. The number of carbonyl (C=O) groups is 3. The Hall–Kier alpha value is -2.75. The topological polar surface area (TPSA) is 60.4 Å². The summed E-state index contributed by atoms with van der Waals surface area (Å²) in [5, 5.41) is 0. The van der Waals surface area contributed by atoms with Crippen LogP contribution in [0.3, 0.4) is 0 Å². The van der Waals surface area contributed by atoms with Crippen LogP contribution in [-0.2, 0) is 4.74 Å². The Labute approximate surface area is 141 Å². The van der Waals surface area contributed by atoms with Gasteiger partial charge in [0.1, 0.15) is 0 Å². The third kappa shape index (κ3) is 4.16. The summed E-state index contributed by atoms with van der Waals surface area (Å²) in [5.41, 5.74) is 2.27. The first-order valence-corrected chi connectivity index (χ1v) is 7.77. The Morgan fingerprint density at radius 1 is 0.875 bits per heavy atom. The summed E-state index contributed by atoms with van der Waals surface area (Å²) in [6, 6.07) is 13.5. The molecule has 4 heteroatoms. The SMILES string of the molecule is COC(=O)c1cccc(C(=O)CC(=O)c2ccc(C(C)C)cc2)c1. The number of carbonyl (C=O) groups excluding carboxylic acids is 3. The molecule has 0 N–H and O–H groups in total. The van der Waals surface area contributed by atoms with Crippen molar-refractivity contribution in [3.63, 3.8) is 0 Å². The lowest BCUT2D eigenvalue weighted by Crippen LogP contribution is -2.10. The molecule has 2 aromatic rings. The van der Waals surface area contributed by atoms with Crippen molar-refractivity contribution in [2.24, 2.45) is 0 Å². The molecule has 2 rings (SSSR count). The molecule has 0 fully saturated rings. The van der Waals surface area contributed by atoms with Crippen molar-refractivity contribution in [3.8, 4) is 0 Å². The molecule has 0 saturated heterocycles. The Kier molecular flexibility index (Phi) is 5.64. The summed E-state index contributed by atoms with van der Waals surface area (Å²) in [6.07, 6.45) is -0.231. The number of ether oxygens (including phenoxy) is 1. The summed E-state index contributed by atoms with van der Waals surface area (Å²) in [4.78, 5) is 36.1. The number of benzene rings is 2. The number of hydrogen-bond acceptors (Lipinski definition) is 4. The molecule has 0 aliphatic carbocycles. The highest BCUT2D eigenvalue weighted by Crippen LogP contribution is 2.16. The smallest absolute Gasteiger partial charge is 0.337 e. The summed E-state index contributed by atoms with van der Waals surface area (Å²) in [7, 11) is 1.28. The van der Waals surface area contributed by atoms with Gasteiger partial charge in [0, 0.05) is 11.1 Å². The number of hydrogen-bond donors (Lipinski definition) is 0. The first-order valence-electron chi connectivity index (χ1n) is 7.77.